The van der Waals surface area contributed by atoms with E-state index in [9.17, 15) is 0 Å². The zero-order chi connectivity index (χ0) is 9.40. The van der Waals surface area contributed by atoms with E-state index in [1.807, 2.05) is 11.8 Å². The number of rotatable bonds is 7. The minimum Gasteiger partial charge on any atom is -0.313 e. The van der Waals surface area contributed by atoms with E-state index in [4.69, 9.17) is 0 Å². The van der Waals surface area contributed by atoms with Gasteiger partial charge in [0, 0.05) is 18.3 Å². The maximum Gasteiger partial charge on any atom is 0.00645 e. The fourth-order valence-corrected chi connectivity index (χ4v) is 1.61. The van der Waals surface area contributed by atoms with Gasteiger partial charge in [0.05, 0.1) is 0 Å². The van der Waals surface area contributed by atoms with Crippen molar-refractivity contribution in [3.8, 4) is 0 Å². The van der Waals surface area contributed by atoms with E-state index in [-0.39, 0.29) is 0 Å². The van der Waals surface area contributed by atoms with Gasteiger partial charge in [-0.1, -0.05) is 27.2 Å². The van der Waals surface area contributed by atoms with Gasteiger partial charge in [-0.3, -0.25) is 0 Å². The Hall–Kier alpha value is 0.310. The quantitative estimate of drug-likeness (QED) is 0.618. The Morgan fingerprint density at radius 1 is 1.25 bits per heavy atom. The zero-order valence-electron chi connectivity index (χ0n) is 8.89. The van der Waals surface area contributed by atoms with Gasteiger partial charge < -0.3 is 5.32 Å². The minimum absolute atomic E-state index is 0.674. The molecule has 2 atom stereocenters. The summed E-state index contributed by atoms with van der Waals surface area (Å²) in [7, 11) is 0. The predicted octanol–water partition coefficient (Wildman–Crippen LogP) is 2.76. The standard InChI is InChI=1S/C10H23NS/c1-5-9(3)10(4)11-7-8-12-6-2/h9-11H,5-8H2,1-4H3. The monoisotopic (exact) mass is 189 g/mol. The summed E-state index contributed by atoms with van der Waals surface area (Å²) in [5, 5.41) is 3.55. The van der Waals surface area contributed by atoms with Crippen LogP contribution in [0, 0.1) is 5.92 Å². The van der Waals surface area contributed by atoms with Crippen molar-refractivity contribution in [3.05, 3.63) is 0 Å². The van der Waals surface area contributed by atoms with Crippen LogP contribution in [0.1, 0.15) is 34.1 Å². The summed E-state index contributed by atoms with van der Waals surface area (Å²) >= 11 is 2.01. The average molecular weight is 189 g/mol. The average Bonchev–Trinajstić information content (AvgIpc) is 2.10. The van der Waals surface area contributed by atoms with Crippen molar-refractivity contribution in [2.45, 2.75) is 40.2 Å². The van der Waals surface area contributed by atoms with E-state index < -0.39 is 0 Å². The molecule has 0 amide bonds. The molecule has 0 spiro atoms. The van der Waals surface area contributed by atoms with Crippen molar-refractivity contribution in [2.75, 3.05) is 18.1 Å². The van der Waals surface area contributed by atoms with E-state index in [1.165, 1.54) is 17.9 Å². The Morgan fingerprint density at radius 2 is 1.92 bits per heavy atom. The fraction of sp³-hybridized carbons (Fsp3) is 1.00. The van der Waals surface area contributed by atoms with Crippen LogP contribution in [0.2, 0.25) is 0 Å². The van der Waals surface area contributed by atoms with Crippen LogP contribution in [0.15, 0.2) is 0 Å². The second kappa shape index (κ2) is 7.93. The lowest BCUT2D eigenvalue weighted by atomic mass is 10.0. The molecule has 0 heterocycles. The van der Waals surface area contributed by atoms with Gasteiger partial charge in [0.1, 0.15) is 0 Å². The highest BCUT2D eigenvalue weighted by Crippen LogP contribution is 2.06. The first-order valence-corrected chi connectivity index (χ1v) is 6.18. The van der Waals surface area contributed by atoms with Gasteiger partial charge >= 0.3 is 0 Å². The molecule has 0 aromatic heterocycles. The van der Waals surface area contributed by atoms with Crippen molar-refractivity contribution >= 4 is 11.8 Å². The van der Waals surface area contributed by atoms with Gasteiger partial charge in [-0.15, -0.1) is 0 Å². The van der Waals surface area contributed by atoms with Crippen LogP contribution >= 0.6 is 11.8 Å². The molecular weight excluding hydrogens is 166 g/mol. The van der Waals surface area contributed by atoms with Crippen molar-refractivity contribution < 1.29 is 0 Å². The Bertz CT molecular complexity index is 95.8. The largest absolute Gasteiger partial charge is 0.313 e. The third-order valence-corrected chi connectivity index (χ3v) is 3.32. The summed E-state index contributed by atoms with van der Waals surface area (Å²) in [5.41, 5.74) is 0. The number of hydrogen-bond acceptors (Lipinski definition) is 2. The molecule has 0 saturated heterocycles. The van der Waals surface area contributed by atoms with Crippen LogP contribution in [0.5, 0.6) is 0 Å². The van der Waals surface area contributed by atoms with E-state index in [0.717, 1.165) is 12.5 Å². The molecule has 2 unspecified atom stereocenters. The molecule has 1 nitrogen and oxygen atoms in total. The van der Waals surface area contributed by atoms with Crippen LogP contribution in [0.3, 0.4) is 0 Å². The zero-order valence-corrected chi connectivity index (χ0v) is 9.71. The number of nitrogens with one attached hydrogen (secondary N) is 1. The smallest absolute Gasteiger partial charge is 0.00645 e. The molecule has 74 valence electrons. The lowest BCUT2D eigenvalue weighted by molar-refractivity contribution is 0.399. The van der Waals surface area contributed by atoms with Gasteiger partial charge in [0.2, 0.25) is 0 Å². The Balaban J connectivity index is 3.24. The maximum absolute atomic E-state index is 3.55. The fourth-order valence-electron chi connectivity index (χ4n) is 1.06. The number of hydrogen-bond donors (Lipinski definition) is 1. The summed E-state index contributed by atoms with van der Waals surface area (Å²) in [5.74, 6) is 3.29. The second-order valence-electron chi connectivity index (χ2n) is 3.33. The predicted molar refractivity (Wildman–Crippen MR) is 59.9 cm³/mol. The highest BCUT2D eigenvalue weighted by atomic mass is 32.2. The van der Waals surface area contributed by atoms with Crippen molar-refractivity contribution in [1.82, 2.24) is 5.32 Å². The molecule has 0 aliphatic rings. The Labute approximate surface area is 81.7 Å². The lowest BCUT2D eigenvalue weighted by Crippen LogP contribution is -2.33. The molecule has 0 aliphatic carbocycles. The second-order valence-corrected chi connectivity index (χ2v) is 4.72. The van der Waals surface area contributed by atoms with E-state index in [1.54, 1.807) is 0 Å². The van der Waals surface area contributed by atoms with Crippen LogP contribution in [0.25, 0.3) is 0 Å². The summed E-state index contributed by atoms with van der Waals surface area (Å²) in [6.07, 6.45) is 1.27. The molecule has 0 aromatic rings. The van der Waals surface area contributed by atoms with Crippen molar-refractivity contribution in [2.24, 2.45) is 5.92 Å². The van der Waals surface area contributed by atoms with E-state index >= 15 is 0 Å². The molecule has 2 heteroatoms. The van der Waals surface area contributed by atoms with Gasteiger partial charge in [-0.25, -0.2) is 0 Å². The molecular formula is C10H23NS. The Kier molecular flexibility index (Phi) is 8.14. The van der Waals surface area contributed by atoms with Crippen LogP contribution in [-0.2, 0) is 0 Å². The van der Waals surface area contributed by atoms with Gasteiger partial charge in [0.15, 0.2) is 0 Å². The Morgan fingerprint density at radius 3 is 2.42 bits per heavy atom. The van der Waals surface area contributed by atoms with Gasteiger partial charge in [-0.05, 0) is 18.6 Å². The van der Waals surface area contributed by atoms with Crippen LogP contribution in [0.4, 0.5) is 0 Å². The SMILES string of the molecule is CCSCCNC(C)C(C)CC. The molecule has 0 aliphatic heterocycles. The molecule has 0 rings (SSSR count). The van der Waals surface area contributed by atoms with Crippen molar-refractivity contribution in [1.29, 1.82) is 0 Å². The third kappa shape index (κ3) is 5.90. The summed E-state index contributed by atoms with van der Waals surface area (Å²) < 4.78 is 0. The van der Waals surface area contributed by atoms with E-state index in [2.05, 4.69) is 33.0 Å². The van der Waals surface area contributed by atoms with Crippen molar-refractivity contribution in [3.63, 3.8) is 0 Å². The molecule has 0 saturated carbocycles. The first-order valence-electron chi connectivity index (χ1n) is 5.03. The molecule has 12 heavy (non-hydrogen) atoms. The molecule has 0 aromatic carbocycles. The molecule has 1 N–H and O–H groups in total. The highest BCUT2D eigenvalue weighted by Gasteiger charge is 2.07. The first-order chi connectivity index (χ1) is 5.72. The summed E-state index contributed by atoms with van der Waals surface area (Å²) in [4.78, 5) is 0. The van der Waals surface area contributed by atoms with Gasteiger partial charge in [0.25, 0.3) is 0 Å². The van der Waals surface area contributed by atoms with E-state index in [0.29, 0.717) is 6.04 Å². The summed E-state index contributed by atoms with van der Waals surface area (Å²) in [6.45, 7) is 10.2. The topological polar surface area (TPSA) is 12.0 Å². The molecule has 0 bridgehead atoms. The molecule has 0 radical (unpaired) electrons. The maximum atomic E-state index is 3.55. The lowest BCUT2D eigenvalue weighted by Gasteiger charge is -2.19. The normalized spacial score (nSPS) is 16.0. The third-order valence-electron chi connectivity index (χ3n) is 2.41. The molecule has 0 fully saturated rings. The van der Waals surface area contributed by atoms with Gasteiger partial charge in [-0.2, -0.15) is 11.8 Å². The van der Waals surface area contributed by atoms with Crippen LogP contribution in [-0.4, -0.2) is 24.1 Å². The highest BCUT2D eigenvalue weighted by molar-refractivity contribution is 7.99. The van der Waals surface area contributed by atoms with Crippen LogP contribution < -0.4 is 5.32 Å². The first kappa shape index (κ1) is 12.3. The minimum atomic E-state index is 0.674. The summed E-state index contributed by atoms with van der Waals surface area (Å²) in [6, 6.07) is 0.674. The number of thioether (sulfide) groups is 1.